The van der Waals surface area contributed by atoms with Gasteiger partial charge in [0.15, 0.2) is 11.6 Å². The molecule has 1 saturated carbocycles. The fourth-order valence-electron chi connectivity index (χ4n) is 4.76. The zero-order valence-electron chi connectivity index (χ0n) is 23.1. The van der Waals surface area contributed by atoms with Gasteiger partial charge in [0.2, 0.25) is 0 Å². The van der Waals surface area contributed by atoms with Gasteiger partial charge in [-0.15, -0.1) is 5.10 Å². The molecule has 0 bridgehead atoms. The van der Waals surface area contributed by atoms with Gasteiger partial charge in [0.05, 0.1) is 18.9 Å². The topological polar surface area (TPSA) is 170 Å². The van der Waals surface area contributed by atoms with E-state index in [1.165, 1.54) is 6.21 Å². The summed E-state index contributed by atoms with van der Waals surface area (Å²) in [7, 11) is 1.85. The molecule has 13 heteroatoms. The van der Waals surface area contributed by atoms with Crippen LogP contribution in [0, 0.1) is 30.1 Å². The molecular formula is C27H36N10O3. The van der Waals surface area contributed by atoms with Crippen molar-refractivity contribution in [1.29, 1.82) is 5.41 Å². The third kappa shape index (κ3) is 6.13. The summed E-state index contributed by atoms with van der Waals surface area (Å²) < 4.78 is 13.7. The maximum atomic E-state index is 12.6. The molecule has 212 valence electrons. The largest absolute Gasteiger partial charge is 0.489 e. The normalized spacial score (nSPS) is 18.8. The molecule has 2 atom stereocenters. The standard InChI is InChI=1S/C27H36N10O3/c1-4-30-26(38)21-11-23(33-27(32-21)40-15-20-9-18(20)12-28)37-7-5-17(6-8-37)14-39-22-10-19(13-31-25(22)29)24-16(2)36(3)35-34-24/h10-13,17-18,20,28H,4-9,14-15H2,1-3H3,(H2,29,31)(H,30,38)/t18-,20+/m0/s1. The van der Waals surface area contributed by atoms with Crippen molar-refractivity contribution in [3.8, 4) is 23.0 Å². The number of pyridine rings is 1. The van der Waals surface area contributed by atoms with Crippen molar-refractivity contribution in [3.63, 3.8) is 0 Å². The first kappa shape index (κ1) is 27.3. The molecule has 0 unspecified atom stereocenters. The molecule has 3 aromatic rings. The van der Waals surface area contributed by atoms with Gasteiger partial charge in [-0.2, -0.15) is 9.97 Å². The van der Waals surface area contributed by atoms with Crippen LogP contribution in [0.4, 0.5) is 11.6 Å². The Hall–Kier alpha value is -4.29. The van der Waals surface area contributed by atoms with Crippen molar-refractivity contribution >= 4 is 23.8 Å². The molecule has 40 heavy (non-hydrogen) atoms. The summed E-state index contributed by atoms with van der Waals surface area (Å²) in [5.41, 5.74) is 8.88. The molecule has 2 fully saturated rings. The smallest absolute Gasteiger partial charge is 0.319 e. The Kier molecular flexibility index (Phi) is 8.08. The van der Waals surface area contributed by atoms with Gasteiger partial charge < -0.3 is 30.8 Å². The number of anilines is 2. The number of hydrogen-bond donors (Lipinski definition) is 3. The number of nitrogens with zero attached hydrogens (tertiary/aromatic N) is 7. The summed E-state index contributed by atoms with van der Waals surface area (Å²) in [5.74, 6) is 2.19. The molecular weight excluding hydrogens is 512 g/mol. The zero-order chi connectivity index (χ0) is 28.2. The molecule has 1 amide bonds. The fourth-order valence-corrected chi connectivity index (χ4v) is 4.76. The number of rotatable bonds is 11. The van der Waals surface area contributed by atoms with Gasteiger partial charge in [-0.05, 0) is 51.3 Å². The molecule has 1 aliphatic heterocycles. The molecule has 2 aliphatic rings. The summed E-state index contributed by atoms with van der Waals surface area (Å²) in [6.45, 7) is 6.78. The molecule has 3 aromatic heterocycles. The molecule has 4 N–H and O–H groups in total. The van der Waals surface area contributed by atoms with Gasteiger partial charge in [0.1, 0.15) is 17.2 Å². The highest BCUT2D eigenvalue weighted by Crippen LogP contribution is 2.37. The molecule has 0 radical (unpaired) electrons. The van der Waals surface area contributed by atoms with Crippen LogP contribution in [0.2, 0.25) is 0 Å². The van der Waals surface area contributed by atoms with E-state index in [0.29, 0.717) is 49.0 Å². The Balaban J connectivity index is 1.21. The van der Waals surface area contributed by atoms with Crippen LogP contribution in [0.1, 0.15) is 42.4 Å². The van der Waals surface area contributed by atoms with Gasteiger partial charge in [-0.25, -0.2) is 4.98 Å². The first-order valence-corrected chi connectivity index (χ1v) is 13.7. The molecule has 0 spiro atoms. The van der Waals surface area contributed by atoms with Crippen LogP contribution < -0.4 is 25.4 Å². The third-order valence-electron chi connectivity index (χ3n) is 7.56. The maximum absolute atomic E-state index is 12.6. The summed E-state index contributed by atoms with van der Waals surface area (Å²) in [5, 5.41) is 18.5. The number of carbonyl (C=O) groups is 1. The highest BCUT2D eigenvalue weighted by Gasteiger charge is 2.36. The highest BCUT2D eigenvalue weighted by atomic mass is 16.5. The lowest BCUT2D eigenvalue weighted by molar-refractivity contribution is 0.0949. The summed E-state index contributed by atoms with van der Waals surface area (Å²) in [6.07, 6.45) is 5.85. The third-order valence-corrected chi connectivity index (χ3v) is 7.56. The Morgan fingerprint density at radius 2 is 2.02 bits per heavy atom. The van der Waals surface area contributed by atoms with E-state index in [9.17, 15) is 4.79 Å². The van der Waals surface area contributed by atoms with Crippen molar-refractivity contribution in [1.82, 2.24) is 35.3 Å². The van der Waals surface area contributed by atoms with Crippen molar-refractivity contribution in [3.05, 3.63) is 29.7 Å². The average Bonchev–Trinajstić information content (AvgIpc) is 3.67. The Morgan fingerprint density at radius 3 is 2.70 bits per heavy atom. The van der Waals surface area contributed by atoms with E-state index in [-0.39, 0.29) is 23.5 Å². The number of ether oxygens (including phenoxy) is 2. The Morgan fingerprint density at radius 1 is 1.23 bits per heavy atom. The van der Waals surface area contributed by atoms with Gasteiger partial charge >= 0.3 is 6.01 Å². The zero-order valence-corrected chi connectivity index (χ0v) is 23.1. The molecule has 0 aromatic carbocycles. The monoisotopic (exact) mass is 548 g/mol. The van der Waals surface area contributed by atoms with E-state index in [4.69, 9.17) is 20.6 Å². The fraction of sp³-hybridized carbons (Fsp3) is 0.519. The van der Waals surface area contributed by atoms with E-state index >= 15 is 0 Å². The Bertz CT molecular complexity index is 1370. The first-order chi connectivity index (χ1) is 19.4. The Labute approximate surface area is 233 Å². The van der Waals surface area contributed by atoms with E-state index in [1.54, 1.807) is 16.9 Å². The van der Waals surface area contributed by atoms with Crippen LogP contribution in [0.5, 0.6) is 11.8 Å². The van der Waals surface area contributed by atoms with Crippen LogP contribution in [0.25, 0.3) is 11.3 Å². The summed E-state index contributed by atoms with van der Waals surface area (Å²) in [6, 6.07) is 3.78. The number of amides is 1. The number of carbonyl (C=O) groups excluding carboxylic acids is 1. The van der Waals surface area contributed by atoms with Crippen molar-refractivity contribution in [2.45, 2.75) is 33.1 Å². The van der Waals surface area contributed by atoms with Gasteiger partial charge in [-0.1, -0.05) is 5.21 Å². The lowest BCUT2D eigenvalue weighted by Crippen LogP contribution is -2.36. The number of piperidine rings is 1. The molecule has 4 heterocycles. The summed E-state index contributed by atoms with van der Waals surface area (Å²) >= 11 is 0. The molecule has 5 rings (SSSR count). The lowest BCUT2D eigenvalue weighted by Gasteiger charge is -2.33. The number of nitrogen functional groups attached to an aromatic ring is 1. The van der Waals surface area contributed by atoms with Gasteiger partial charge in [-0.3, -0.25) is 9.48 Å². The minimum atomic E-state index is -0.256. The maximum Gasteiger partial charge on any atom is 0.319 e. The van der Waals surface area contributed by atoms with E-state index in [0.717, 1.165) is 49.3 Å². The minimum Gasteiger partial charge on any atom is -0.489 e. The van der Waals surface area contributed by atoms with E-state index in [2.05, 4.69) is 35.5 Å². The number of aryl methyl sites for hydroxylation is 1. The predicted molar refractivity (Wildman–Crippen MR) is 150 cm³/mol. The van der Waals surface area contributed by atoms with Crippen LogP contribution >= 0.6 is 0 Å². The summed E-state index contributed by atoms with van der Waals surface area (Å²) in [4.78, 5) is 28.0. The highest BCUT2D eigenvalue weighted by molar-refractivity contribution is 5.93. The molecule has 13 nitrogen and oxygen atoms in total. The second kappa shape index (κ2) is 11.8. The number of nitrogens with two attached hydrogens (primary N) is 1. The van der Waals surface area contributed by atoms with E-state index in [1.807, 2.05) is 27.0 Å². The second-order valence-corrected chi connectivity index (χ2v) is 10.4. The van der Waals surface area contributed by atoms with Crippen molar-refractivity contribution in [2.75, 3.05) is 43.5 Å². The second-order valence-electron chi connectivity index (χ2n) is 10.4. The SMILES string of the molecule is CCNC(=O)c1cc(N2CCC(COc3cc(-c4nnn(C)c4C)cnc3N)CC2)nc(OC[C@H]2C[C@H]2C=N)n1. The number of nitrogens with one attached hydrogen (secondary N) is 2. The first-order valence-electron chi connectivity index (χ1n) is 13.7. The number of aromatic nitrogens is 6. The number of hydrogen-bond acceptors (Lipinski definition) is 11. The van der Waals surface area contributed by atoms with Crippen LogP contribution in [0.3, 0.4) is 0 Å². The molecule has 1 saturated heterocycles. The van der Waals surface area contributed by atoms with Crippen LogP contribution in [-0.2, 0) is 7.05 Å². The quantitative estimate of drug-likeness (QED) is 0.302. The lowest BCUT2D eigenvalue weighted by atomic mass is 9.98. The van der Waals surface area contributed by atoms with Gasteiger partial charge in [0.25, 0.3) is 5.91 Å². The van der Waals surface area contributed by atoms with Crippen LogP contribution in [-0.4, -0.2) is 74.9 Å². The van der Waals surface area contributed by atoms with Crippen LogP contribution in [0.15, 0.2) is 18.3 Å². The predicted octanol–water partition coefficient (Wildman–Crippen LogP) is 2.27. The van der Waals surface area contributed by atoms with Gasteiger partial charge in [0, 0.05) is 56.3 Å². The van der Waals surface area contributed by atoms with E-state index < -0.39 is 0 Å². The average molecular weight is 549 g/mol. The van der Waals surface area contributed by atoms with Crippen molar-refractivity contribution in [2.24, 2.45) is 24.8 Å². The minimum absolute atomic E-state index is 0.195. The van der Waals surface area contributed by atoms with Crippen molar-refractivity contribution < 1.29 is 14.3 Å². The molecule has 1 aliphatic carbocycles.